The lowest BCUT2D eigenvalue weighted by molar-refractivity contribution is -0.149. The van der Waals surface area contributed by atoms with E-state index < -0.39 is 65.5 Å². The Morgan fingerprint density at radius 3 is 2.48 bits per heavy atom. The van der Waals surface area contributed by atoms with Crippen molar-refractivity contribution in [2.24, 2.45) is 5.92 Å². The number of ether oxygens (including phenoxy) is 3. The summed E-state index contributed by atoms with van der Waals surface area (Å²) in [5, 5.41) is 10.1. The van der Waals surface area contributed by atoms with Crippen LogP contribution in [0, 0.1) is 5.92 Å². The van der Waals surface area contributed by atoms with E-state index in [-0.39, 0.29) is 41.1 Å². The van der Waals surface area contributed by atoms with Gasteiger partial charge in [0, 0.05) is 44.8 Å². The predicted octanol–water partition coefficient (Wildman–Crippen LogP) is 5.09. The van der Waals surface area contributed by atoms with Gasteiger partial charge in [0.2, 0.25) is 5.91 Å². The molecule has 0 spiro atoms. The second-order valence-corrected chi connectivity index (χ2v) is 13.9. The van der Waals surface area contributed by atoms with Crippen molar-refractivity contribution in [2.75, 3.05) is 45.2 Å². The number of aliphatic hydroxyl groups is 1. The van der Waals surface area contributed by atoms with E-state index in [4.69, 9.17) is 14.2 Å². The highest BCUT2D eigenvalue weighted by Gasteiger charge is 2.32. The van der Waals surface area contributed by atoms with Crippen LogP contribution in [0.1, 0.15) is 63.2 Å². The van der Waals surface area contributed by atoms with Gasteiger partial charge in [-0.3, -0.25) is 14.3 Å². The minimum absolute atomic E-state index is 0.000776. The number of likely N-dealkylation sites (N-methyl/N-ethyl adjacent to an activating group) is 1. The number of hydrogen-bond donors (Lipinski definition) is 2. The molecular formula is C33H46F3N3O8S. The number of carbonyl (C=O) groups excluding carboxylic acids is 2. The summed E-state index contributed by atoms with van der Waals surface area (Å²) in [5.74, 6) is -0.923. The number of halogens is 3. The normalized spacial score (nSPS) is 20.6. The third-order valence-electron chi connectivity index (χ3n) is 8.18. The van der Waals surface area contributed by atoms with Crippen molar-refractivity contribution >= 4 is 27.5 Å². The van der Waals surface area contributed by atoms with Crippen LogP contribution in [-0.4, -0.2) is 100 Å². The summed E-state index contributed by atoms with van der Waals surface area (Å²) < 4.78 is 84.6. The summed E-state index contributed by atoms with van der Waals surface area (Å²) >= 11 is 0. The predicted molar refractivity (Wildman–Crippen MR) is 174 cm³/mol. The third-order valence-corrected chi connectivity index (χ3v) is 9.57. The quantitative estimate of drug-likeness (QED) is 0.350. The lowest BCUT2D eigenvalue weighted by atomic mass is 10.0. The molecule has 2 aromatic carbocycles. The van der Waals surface area contributed by atoms with Crippen LogP contribution >= 0.6 is 0 Å². The average Bonchev–Trinajstić information content (AvgIpc) is 3.04. The molecule has 0 aromatic heterocycles. The number of nitrogens with zero attached hydrogens (tertiary/aromatic N) is 2. The standard InChI is InChI=1S/C33H46F3N3O8S/c1-22-19-39(23(2)21-40)32(42)28-18-25(37-48(43,44)27-12-10-26(45-5)11-13-27)9-14-29(28)47-24(3)8-6-7-17-46-30(22)20-38(4)31(41)15-16-33(34,35)36/h9-14,18,22-24,30,37,40H,6-8,15-17,19-21H2,1-5H3/t22-,23-,24+,30-/m0/s1. The van der Waals surface area contributed by atoms with Crippen LogP contribution < -0.4 is 14.2 Å². The van der Waals surface area contributed by atoms with E-state index in [0.717, 1.165) is 0 Å². The molecule has 1 heterocycles. The van der Waals surface area contributed by atoms with Gasteiger partial charge >= 0.3 is 6.18 Å². The van der Waals surface area contributed by atoms with Crippen LogP contribution in [0.2, 0.25) is 0 Å². The fourth-order valence-corrected chi connectivity index (χ4v) is 6.28. The molecule has 2 N–H and O–H groups in total. The number of benzene rings is 2. The monoisotopic (exact) mass is 701 g/mol. The maximum absolute atomic E-state index is 14.3. The Balaban J connectivity index is 1.95. The summed E-state index contributed by atoms with van der Waals surface area (Å²) in [5.41, 5.74) is 0.179. The number of alkyl halides is 3. The average molecular weight is 702 g/mol. The van der Waals surface area contributed by atoms with Crippen molar-refractivity contribution < 1.29 is 50.5 Å². The van der Waals surface area contributed by atoms with Gasteiger partial charge in [-0.1, -0.05) is 6.92 Å². The molecule has 0 aliphatic carbocycles. The van der Waals surface area contributed by atoms with E-state index in [1.54, 1.807) is 13.8 Å². The van der Waals surface area contributed by atoms with Gasteiger partial charge in [0.15, 0.2) is 0 Å². The Labute approximate surface area is 280 Å². The summed E-state index contributed by atoms with van der Waals surface area (Å²) in [4.78, 5) is 29.4. The lowest BCUT2D eigenvalue weighted by Crippen LogP contribution is -2.48. The number of rotatable bonds is 10. The number of nitrogens with one attached hydrogen (secondary N) is 1. The molecule has 0 bridgehead atoms. The first-order valence-corrected chi connectivity index (χ1v) is 17.3. The van der Waals surface area contributed by atoms with Crippen molar-refractivity contribution in [3.05, 3.63) is 48.0 Å². The van der Waals surface area contributed by atoms with Crippen LogP contribution in [-0.2, 0) is 19.6 Å². The van der Waals surface area contributed by atoms with Crippen molar-refractivity contribution in [3.8, 4) is 11.5 Å². The Bertz CT molecular complexity index is 1470. The number of carbonyl (C=O) groups is 2. The molecule has 0 radical (unpaired) electrons. The van der Waals surface area contributed by atoms with Crippen LogP contribution in [0.5, 0.6) is 11.5 Å². The molecule has 3 rings (SSSR count). The summed E-state index contributed by atoms with van der Waals surface area (Å²) in [6, 6.07) is 9.54. The van der Waals surface area contributed by atoms with Gasteiger partial charge in [0.1, 0.15) is 11.5 Å². The van der Waals surface area contributed by atoms with Crippen LogP contribution in [0.15, 0.2) is 47.4 Å². The fourth-order valence-electron chi connectivity index (χ4n) is 5.23. The lowest BCUT2D eigenvalue weighted by Gasteiger charge is -2.36. The Hall–Kier alpha value is -3.56. The molecule has 0 fully saturated rings. The number of sulfonamides is 1. The molecule has 48 heavy (non-hydrogen) atoms. The van der Waals surface area contributed by atoms with E-state index in [2.05, 4.69) is 4.72 Å². The van der Waals surface area contributed by atoms with Crippen molar-refractivity contribution in [1.29, 1.82) is 0 Å². The molecule has 1 aliphatic heterocycles. The first-order valence-electron chi connectivity index (χ1n) is 15.9. The van der Waals surface area contributed by atoms with E-state index in [0.29, 0.717) is 31.6 Å². The minimum atomic E-state index is -4.46. The second-order valence-electron chi connectivity index (χ2n) is 12.2. The zero-order valence-electron chi connectivity index (χ0n) is 28.0. The van der Waals surface area contributed by atoms with Crippen LogP contribution in [0.25, 0.3) is 0 Å². The zero-order valence-corrected chi connectivity index (χ0v) is 28.8. The largest absolute Gasteiger partial charge is 0.497 e. The van der Waals surface area contributed by atoms with Crippen molar-refractivity contribution in [1.82, 2.24) is 9.80 Å². The molecule has 0 saturated heterocycles. The van der Waals surface area contributed by atoms with Gasteiger partial charge in [0.25, 0.3) is 15.9 Å². The van der Waals surface area contributed by atoms with Gasteiger partial charge in [-0.25, -0.2) is 8.42 Å². The Morgan fingerprint density at radius 2 is 1.85 bits per heavy atom. The SMILES string of the molecule is COc1ccc(S(=O)(=O)Nc2ccc3c(c2)C(=O)N([C@@H](C)CO)C[C@H](C)[C@H](CN(C)C(=O)CCC(F)(F)F)OCCCC[C@@H](C)O3)cc1. The third kappa shape index (κ3) is 11.3. The number of methoxy groups -OCH3 is 1. The van der Waals surface area contributed by atoms with Gasteiger partial charge < -0.3 is 29.1 Å². The number of amides is 2. The summed E-state index contributed by atoms with van der Waals surface area (Å²) in [7, 11) is -1.16. The Kier molecular flexibility index (Phi) is 13.9. The van der Waals surface area contributed by atoms with E-state index in [9.17, 15) is 36.3 Å². The number of anilines is 1. The van der Waals surface area contributed by atoms with Gasteiger partial charge in [-0.05, 0) is 75.6 Å². The molecule has 0 unspecified atom stereocenters. The topological polar surface area (TPSA) is 135 Å². The summed E-state index contributed by atoms with van der Waals surface area (Å²) in [6.07, 6.45) is -5.37. The van der Waals surface area contributed by atoms with Crippen molar-refractivity contribution in [2.45, 2.75) is 82.2 Å². The molecule has 2 amide bonds. The number of hydrogen-bond acceptors (Lipinski definition) is 8. The molecule has 268 valence electrons. The maximum atomic E-state index is 14.3. The first kappa shape index (κ1) is 38.9. The number of fused-ring (bicyclic) bond motifs is 1. The van der Waals surface area contributed by atoms with Crippen molar-refractivity contribution in [3.63, 3.8) is 0 Å². The highest BCUT2D eigenvalue weighted by atomic mass is 32.2. The smallest absolute Gasteiger partial charge is 0.389 e. The molecule has 0 saturated carbocycles. The summed E-state index contributed by atoms with van der Waals surface area (Å²) in [6.45, 7) is 5.28. The molecule has 4 atom stereocenters. The van der Waals surface area contributed by atoms with E-state index >= 15 is 0 Å². The Morgan fingerprint density at radius 1 is 1.17 bits per heavy atom. The first-order chi connectivity index (χ1) is 22.5. The molecule has 1 aliphatic rings. The van der Waals surface area contributed by atoms with Gasteiger partial charge in [0.05, 0.1) is 48.8 Å². The van der Waals surface area contributed by atoms with Gasteiger partial charge in [-0.2, -0.15) is 13.2 Å². The maximum Gasteiger partial charge on any atom is 0.389 e. The van der Waals surface area contributed by atoms with E-state index in [1.807, 2.05) is 6.92 Å². The minimum Gasteiger partial charge on any atom is -0.497 e. The molecule has 11 nitrogen and oxygen atoms in total. The number of aliphatic hydroxyl groups excluding tert-OH is 1. The zero-order chi connectivity index (χ0) is 35.6. The molecule has 2 aromatic rings. The highest BCUT2D eigenvalue weighted by Crippen LogP contribution is 2.30. The highest BCUT2D eigenvalue weighted by molar-refractivity contribution is 7.92. The van der Waals surface area contributed by atoms with Crippen LogP contribution in [0.4, 0.5) is 18.9 Å². The fraction of sp³-hybridized carbons (Fsp3) is 0.576. The second kappa shape index (κ2) is 17.2. The van der Waals surface area contributed by atoms with E-state index in [1.165, 1.54) is 66.4 Å². The van der Waals surface area contributed by atoms with Gasteiger partial charge in [-0.15, -0.1) is 0 Å². The molecular weight excluding hydrogens is 655 g/mol. The van der Waals surface area contributed by atoms with Crippen LogP contribution in [0.3, 0.4) is 0 Å². The molecule has 15 heteroatoms.